The molecule has 3 N–H and O–H groups in total. The first-order chi connectivity index (χ1) is 11.9. The van der Waals surface area contributed by atoms with Crippen LogP contribution in [0.3, 0.4) is 0 Å². The second kappa shape index (κ2) is 6.54. The first-order valence-corrected chi connectivity index (χ1v) is 8.62. The Morgan fingerprint density at radius 3 is 2.56 bits per heavy atom. The van der Waals surface area contributed by atoms with Crippen LogP contribution < -0.4 is 15.0 Å². The summed E-state index contributed by atoms with van der Waals surface area (Å²) in [6.07, 6.45) is 1.38. The predicted octanol–water partition coefficient (Wildman–Crippen LogP) is 1.94. The molecule has 25 heavy (non-hydrogen) atoms. The Hall–Kier alpha value is -2.91. The van der Waals surface area contributed by atoms with Gasteiger partial charge in [-0.25, -0.2) is 12.8 Å². The van der Waals surface area contributed by atoms with Gasteiger partial charge >= 0.3 is 0 Å². The van der Waals surface area contributed by atoms with E-state index < -0.39 is 21.7 Å². The fraction of sp³-hybridized carbons (Fsp3) is 0.0625. The van der Waals surface area contributed by atoms with Gasteiger partial charge in [0, 0.05) is 17.1 Å². The number of hydrogen-bond donors (Lipinski definition) is 3. The Balaban J connectivity index is 1.77. The number of amides is 1. The van der Waals surface area contributed by atoms with Crippen molar-refractivity contribution < 1.29 is 22.3 Å². The number of benzene rings is 2. The van der Waals surface area contributed by atoms with Gasteiger partial charge in [-0.1, -0.05) is 0 Å². The highest BCUT2D eigenvalue weighted by Crippen LogP contribution is 2.19. The van der Waals surface area contributed by atoms with Gasteiger partial charge in [-0.3, -0.25) is 10.2 Å². The van der Waals surface area contributed by atoms with Crippen LogP contribution in [0.5, 0.6) is 5.75 Å². The number of nitrogens with one attached hydrogen (secondary N) is 3. The fourth-order valence-electron chi connectivity index (χ4n) is 2.28. The molecule has 1 heterocycles. The molecule has 0 unspecified atom stereocenters. The average molecular weight is 363 g/mol. The molecule has 0 atom stereocenters. The molecule has 0 aliphatic heterocycles. The minimum Gasteiger partial charge on any atom is -0.497 e. The van der Waals surface area contributed by atoms with Crippen LogP contribution in [0.15, 0.2) is 53.6 Å². The minimum atomic E-state index is -3.95. The van der Waals surface area contributed by atoms with E-state index in [9.17, 15) is 17.6 Å². The normalized spacial score (nSPS) is 11.4. The molecule has 0 saturated heterocycles. The van der Waals surface area contributed by atoms with Crippen molar-refractivity contribution in [3.8, 4) is 5.75 Å². The van der Waals surface area contributed by atoms with E-state index in [1.54, 1.807) is 0 Å². The van der Waals surface area contributed by atoms with E-state index in [4.69, 9.17) is 4.74 Å². The van der Waals surface area contributed by atoms with Crippen LogP contribution in [0.25, 0.3) is 10.9 Å². The van der Waals surface area contributed by atoms with Gasteiger partial charge in [0.25, 0.3) is 15.9 Å². The second-order valence-electron chi connectivity index (χ2n) is 5.13. The Labute approximate surface area is 142 Å². The third-order valence-electron chi connectivity index (χ3n) is 3.56. The quantitative estimate of drug-likeness (QED) is 0.603. The lowest BCUT2D eigenvalue weighted by Gasteiger charge is -2.08. The van der Waals surface area contributed by atoms with Gasteiger partial charge in [-0.2, -0.15) is 0 Å². The van der Waals surface area contributed by atoms with Gasteiger partial charge in [-0.15, -0.1) is 4.83 Å². The van der Waals surface area contributed by atoms with Crippen LogP contribution in [-0.4, -0.2) is 26.4 Å². The number of hydrogen-bond acceptors (Lipinski definition) is 4. The molecular formula is C16H14FN3O4S. The summed E-state index contributed by atoms with van der Waals surface area (Å²) < 4.78 is 42.7. The summed E-state index contributed by atoms with van der Waals surface area (Å²) in [4.78, 5) is 17.0. The number of carbonyl (C=O) groups is 1. The molecule has 0 bridgehead atoms. The number of aromatic nitrogens is 1. The highest BCUT2D eigenvalue weighted by molar-refractivity contribution is 7.89. The highest BCUT2D eigenvalue weighted by Gasteiger charge is 2.18. The molecule has 0 aliphatic carbocycles. The van der Waals surface area contributed by atoms with E-state index in [-0.39, 0.29) is 10.5 Å². The molecule has 0 fully saturated rings. The molecular weight excluding hydrogens is 349 g/mol. The zero-order valence-corrected chi connectivity index (χ0v) is 13.9. The Morgan fingerprint density at radius 1 is 1.16 bits per heavy atom. The first kappa shape index (κ1) is 16.9. The Kier molecular flexibility index (Phi) is 4.43. The molecule has 7 nitrogen and oxygen atoms in total. The van der Waals surface area contributed by atoms with E-state index in [1.807, 2.05) is 4.83 Å². The fourth-order valence-corrected chi connectivity index (χ4v) is 3.11. The molecule has 3 rings (SSSR count). The molecule has 130 valence electrons. The van der Waals surface area contributed by atoms with Crippen LogP contribution in [-0.2, 0) is 10.0 Å². The van der Waals surface area contributed by atoms with Crippen molar-refractivity contribution in [2.75, 3.05) is 7.11 Å². The number of halogens is 1. The van der Waals surface area contributed by atoms with Gasteiger partial charge < -0.3 is 9.72 Å². The van der Waals surface area contributed by atoms with Crippen LogP contribution >= 0.6 is 0 Å². The zero-order chi connectivity index (χ0) is 18.0. The van der Waals surface area contributed by atoms with Crippen LogP contribution in [0.2, 0.25) is 0 Å². The lowest BCUT2D eigenvalue weighted by Crippen LogP contribution is -2.41. The summed E-state index contributed by atoms with van der Waals surface area (Å²) in [7, 11) is -2.49. The van der Waals surface area contributed by atoms with Gasteiger partial charge in [0.05, 0.1) is 17.6 Å². The minimum absolute atomic E-state index is 0.0430. The molecule has 0 aliphatic rings. The standard InChI is InChI=1S/C16H14FN3O4S/c1-24-11-3-5-12(6-4-11)25(22,23)20-19-16(21)14-9-18-15-7-2-10(17)8-13(14)15/h2-9,18,20H,1H3,(H,19,21). The van der Waals surface area contributed by atoms with Crippen molar-refractivity contribution in [3.05, 3.63) is 60.0 Å². The monoisotopic (exact) mass is 363 g/mol. The predicted molar refractivity (Wildman–Crippen MR) is 89.0 cm³/mol. The van der Waals surface area contributed by atoms with Crippen molar-refractivity contribution in [3.63, 3.8) is 0 Å². The molecule has 0 saturated carbocycles. The number of hydrazine groups is 1. The third-order valence-corrected chi connectivity index (χ3v) is 4.82. The van der Waals surface area contributed by atoms with Crippen molar-refractivity contribution in [2.24, 2.45) is 0 Å². The Bertz CT molecular complexity index is 1030. The average Bonchev–Trinajstić information content (AvgIpc) is 3.03. The van der Waals surface area contributed by atoms with Gasteiger partial charge in [0.15, 0.2) is 0 Å². The lowest BCUT2D eigenvalue weighted by atomic mass is 10.1. The summed E-state index contributed by atoms with van der Waals surface area (Å²) in [6.45, 7) is 0. The summed E-state index contributed by atoms with van der Waals surface area (Å²) >= 11 is 0. The smallest absolute Gasteiger partial charge is 0.268 e. The number of fused-ring (bicyclic) bond motifs is 1. The van der Waals surface area contributed by atoms with Crippen LogP contribution in [0.4, 0.5) is 4.39 Å². The van der Waals surface area contributed by atoms with Gasteiger partial charge in [-0.05, 0) is 42.5 Å². The SMILES string of the molecule is COc1ccc(S(=O)(=O)NNC(=O)c2c[nH]c3ccc(F)cc23)cc1. The number of carbonyl (C=O) groups excluding carboxylic acids is 1. The number of ether oxygens (including phenoxy) is 1. The van der Waals surface area contributed by atoms with Gasteiger partial charge in [0.1, 0.15) is 11.6 Å². The number of methoxy groups -OCH3 is 1. The Morgan fingerprint density at radius 2 is 1.88 bits per heavy atom. The summed E-state index contributed by atoms with van der Waals surface area (Å²) in [6, 6.07) is 9.59. The maximum Gasteiger partial charge on any atom is 0.268 e. The molecule has 3 aromatic rings. The summed E-state index contributed by atoms with van der Waals surface area (Å²) in [5, 5.41) is 0.348. The van der Waals surface area contributed by atoms with Crippen molar-refractivity contribution in [2.45, 2.75) is 4.90 Å². The number of aromatic amines is 1. The zero-order valence-electron chi connectivity index (χ0n) is 13.0. The van der Waals surface area contributed by atoms with Crippen molar-refractivity contribution in [1.82, 2.24) is 15.2 Å². The number of rotatable bonds is 5. The molecule has 0 spiro atoms. The van der Waals surface area contributed by atoms with E-state index in [0.29, 0.717) is 16.7 Å². The third kappa shape index (κ3) is 3.47. The van der Waals surface area contributed by atoms with Gasteiger partial charge in [0.2, 0.25) is 0 Å². The second-order valence-corrected chi connectivity index (χ2v) is 6.81. The summed E-state index contributed by atoms with van der Waals surface area (Å²) in [5.74, 6) is -0.710. The molecule has 1 aromatic heterocycles. The number of sulfonamides is 1. The highest BCUT2D eigenvalue weighted by atomic mass is 32.2. The largest absolute Gasteiger partial charge is 0.497 e. The molecule has 0 radical (unpaired) electrons. The van der Waals surface area contributed by atoms with Crippen LogP contribution in [0.1, 0.15) is 10.4 Å². The van der Waals surface area contributed by atoms with Crippen LogP contribution in [0, 0.1) is 5.82 Å². The van der Waals surface area contributed by atoms with E-state index in [0.717, 1.165) is 0 Å². The maximum atomic E-state index is 13.3. The first-order valence-electron chi connectivity index (χ1n) is 7.13. The van der Waals surface area contributed by atoms with E-state index in [1.165, 1.54) is 55.8 Å². The maximum absolute atomic E-state index is 13.3. The van der Waals surface area contributed by atoms with E-state index in [2.05, 4.69) is 10.4 Å². The molecule has 1 amide bonds. The molecule has 9 heteroatoms. The van der Waals surface area contributed by atoms with Crippen molar-refractivity contribution in [1.29, 1.82) is 0 Å². The molecule has 2 aromatic carbocycles. The topological polar surface area (TPSA) is 100 Å². The lowest BCUT2D eigenvalue weighted by molar-refractivity contribution is 0.0947. The summed E-state index contributed by atoms with van der Waals surface area (Å²) in [5.41, 5.74) is 2.79. The number of H-pyrrole nitrogens is 1. The van der Waals surface area contributed by atoms with E-state index >= 15 is 0 Å². The van der Waals surface area contributed by atoms with Crippen molar-refractivity contribution >= 4 is 26.8 Å².